The standard InChI is InChI=1S/C20H23N5O3S/c21-17(26)8-9-18-23-24-20(25(18)12-15-7-4-10-27-15)29-13-19-22-11-16(28-19)14-5-2-1-3-6-14/h1-3,5-6,11,15H,4,7-10,12-13H2,(H2,21,26). The molecular weight excluding hydrogens is 390 g/mol. The van der Waals surface area contributed by atoms with Crippen molar-refractivity contribution in [1.82, 2.24) is 19.7 Å². The predicted molar refractivity (Wildman–Crippen MR) is 108 cm³/mol. The maximum absolute atomic E-state index is 11.2. The molecule has 152 valence electrons. The van der Waals surface area contributed by atoms with Crippen LogP contribution in [-0.4, -0.2) is 38.4 Å². The minimum atomic E-state index is -0.348. The molecule has 0 radical (unpaired) electrons. The third-order valence-corrected chi connectivity index (χ3v) is 5.69. The van der Waals surface area contributed by atoms with Gasteiger partial charge in [0.1, 0.15) is 5.82 Å². The zero-order chi connectivity index (χ0) is 20.1. The summed E-state index contributed by atoms with van der Waals surface area (Å²) < 4.78 is 13.7. The van der Waals surface area contributed by atoms with E-state index in [0.717, 1.165) is 41.8 Å². The van der Waals surface area contributed by atoms with Gasteiger partial charge in [0, 0.05) is 25.0 Å². The maximum Gasteiger partial charge on any atom is 0.217 e. The molecule has 1 unspecified atom stereocenters. The first-order chi connectivity index (χ1) is 14.2. The molecule has 8 nitrogen and oxygen atoms in total. The molecule has 9 heteroatoms. The first kappa shape index (κ1) is 19.7. The monoisotopic (exact) mass is 413 g/mol. The lowest BCUT2D eigenvalue weighted by atomic mass is 10.2. The molecule has 3 heterocycles. The van der Waals surface area contributed by atoms with Crippen molar-refractivity contribution in [3.8, 4) is 11.3 Å². The number of aryl methyl sites for hydroxylation is 1. The smallest absolute Gasteiger partial charge is 0.217 e. The van der Waals surface area contributed by atoms with Crippen LogP contribution in [0.3, 0.4) is 0 Å². The Kier molecular flexibility index (Phi) is 6.26. The number of amides is 1. The molecule has 1 fully saturated rings. The molecule has 1 aliphatic heterocycles. The summed E-state index contributed by atoms with van der Waals surface area (Å²) in [4.78, 5) is 15.6. The summed E-state index contributed by atoms with van der Waals surface area (Å²) in [6.07, 6.45) is 4.66. The second-order valence-electron chi connectivity index (χ2n) is 6.88. The lowest BCUT2D eigenvalue weighted by Crippen LogP contribution is -2.19. The largest absolute Gasteiger partial charge is 0.440 e. The number of nitrogens with zero attached hydrogens (tertiary/aromatic N) is 4. The lowest BCUT2D eigenvalue weighted by molar-refractivity contribution is -0.118. The van der Waals surface area contributed by atoms with Crippen molar-refractivity contribution in [3.63, 3.8) is 0 Å². The Hall–Kier alpha value is -2.65. The van der Waals surface area contributed by atoms with E-state index in [2.05, 4.69) is 15.2 Å². The van der Waals surface area contributed by atoms with Gasteiger partial charge >= 0.3 is 0 Å². The highest BCUT2D eigenvalue weighted by atomic mass is 32.2. The highest BCUT2D eigenvalue weighted by molar-refractivity contribution is 7.98. The average molecular weight is 414 g/mol. The SMILES string of the molecule is NC(=O)CCc1nnc(SCc2ncc(-c3ccccc3)o2)n1CC1CCCO1. The second kappa shape index (κ2) is 9.23. The van der Waals surface area contributed by atoms with Crippen molar-refractivity contribution in [2.45, 2.75) is 49.2 Å². The van der Waals surface area contributed by atoms with Gasteiger partial charge in [-0.25, -0.2) is 4.98 Å². The van der Waals surface area contributed by atoms with Crippen molar-refractivity contribution in [3.05, 3.63) is 48.2 Å². The maximum atomic E-state index is 11.2. The average Bonchev–Trinajstić information content (AvgIpc) is 3.48. The molecular formula is C20H23N5O3S. The van der Waals surface area contributed by atoms with Gasteiger partial charge in [0.25, 0.3) is 0 Å². The molecule has 3 aromatic rings. The zero-order valence-electron chi connectivity index (χ0n) is 16.0. The Morgan fingerprint density at radius 1 is 1.28 bits per heavy atom. The number of ether oxygens (including phenoxy) is 1. The molecule has 0 aliphatic carbocycles. The van der Waals surface area contributed by atoms with Crippen LogP contribution in [0.25, 0.3) is 11.3 Å². The Balaban J connectivity index is 1.46. The van der Waals surface area contributed by atoms with E-state index in [-0.39, 0.29) is 18.4 Å². The van der Waals surface area contributed by atoms with Crippen LogP contribution in [0.4, 0.5) is 0 Å². The number of hydrogen-bond donors (Lipinski definition) is 1. The minimum absolute atomic E-state index is 0.143. The molecule has 1 atom stereocenters. The molecule has 0 saturated carbocycles. The molecule has 1 saturated heterocycles. The van der Waals surface area contributed by atoms with Gasteiger partial charge in [-0.15, -0.1) is 10.2 Å². The van der Waals surface area contributed by atoms with Crippen LogP contribution < -0.4 is 5.73 Å². The highest BCUT2D eigenvalue weighted by Crippen LogP contribution is 2.27. The van der Waals surface area contributed by atoms with Crippen LogP contribution in [0.2, 0.25) is 0 Å². The van der Waals surface area contributed by atoms with Gasteiger partial charge in [-0.2, -0.15) is 0 Å². The molecule has 2 N–H and O–H groups in total. The first-order valence-electron chi connectivity index (χ1n) is 9.64. The normalized spacial score (nSPS) is 16.3. The molecule has 1 aromatic carbocycles. The molecule has 0 spiro atoms. The Morgan fingerprint density at radius 3 is 2.90 bits per heavy atom. The third kappa shape index (κ3) is 5.04. The van der Waals surface area contributed by atoms with Crippen LogP contribution in [0.5, 0.6) is 0 Å². The zero-order valence-corrected chi connectivity index (χ0v) is 16.8. The summed E-state index contributed by atoms with van der Waals surface area (Å²) in [6, 6.07) is 9.87. The number of hydrogen-bond acceptors (Lipinski definition) is 7. The fourth-order valence-corrected chi connectivity index (χ4v) is 4.08. The lowest BCUT2D eigenvalue weighted by Gasteiger charge is -2.14. The Labute approximate surface area is 172 Å². The topological polar surface area (TPSA) is 109 Å². The number of carbonyl (C=O) groups is 1. The van der Waals surface area contributed by atoms with Crippen LogP contribution in [0.15, 0.2) is 46.1 Å². The summed E-state index contributed by atoms with van der Waals surface area (Å²) >= 11 is 1.51. The summed E-state index contributed by atoms with van der Waals surface area (Å²) in [7, 11) is 0. The minimum Gasteiger partial charge on any atom is -0.440 e. The predicted octanol–water partition coefficient (Wildman–Crippen LogP) is 2.82. The van der Waals surface area contributed by atoms with E-state index in [1.165, 1.54) is 11.8 Å². The van der Waals surface area contributed by atoms with Crippen LogP contribution >= 0.6 is 11.8 Å². The summed E-state index contributed by atoms with van der Waals surface area (Å²) in [5, 5.41) is 9.35. The summed E-state index contributed by atoms with van der Waals surface area (Å²) in [5.41, 5.74) is 6.29. The van der Waals surface area contributed by atoms with E-state index >= 15 is 0 Å². The number of thioether (sulfide) groups is 1. The third-order valence-electron chi connectivity index (χ3n) is 4.74. The number of aromatic nitrogens is 4. The van der Waals surface area contributed by atoms with Gasteiger partial charge in [0.15, 0.2) is 10.9 Å². The summed E-state index contributed by atoms with van der Waals surface area (Å²) in [6.45, 7) is 1.45. The fraction of sp³-hybridized carbons (Fsp3) is 0.400. The summed E-state index contributed by atoms with van der Waals surface area (Å²) in [5.74, 6) is 2.30. The highest BCUT2D eigenvalue weighted by Gasteiger charge is 2.21. The Morgan fingerprint density at radius 2 is 2.14 bits per heavy atom. The fourth-order valence-electron chi connectivity index (χ4n) is 3.26. The van der Waals surface area contributed by atoms with Crippen molar-refractivity contribution >= 4 is 17.7 Å². The van der Waals surface area contributed by atoms with Crippen LogP contribution in [0.1, 0.15) is 31.0 Å². The number of carbonyl (C=O) groups excluding carboxylic acids is 1. The Bertz CT molecular complexity index is 950. The van der Waals surface area contributed by atoms with E-state index < -0.39 is 0 Å². The molecule has 0 bridgehead atoms. The second-order valence-corrected chi connectivity index (χ2v) is 7.83. The van der Waals surface area contributed by atoms with Gasteiger partial charge in [-0.1, -0.05) is 42.1 Å². The van der Waals surface area contributed by atoms with Crippen molar-refractivity contribution in [2.75, 3.05) is 6.61 Å². The molecule has 4 rings (SSSR count). The molecule has 2 aromatic heterocycles. The van der Waals surface area contributed by atoms with E-state index in [1.54, 1.807) is 6.20 Å². The number of rotatable bonds is 9. The first-order valence-corrected chi connectivity index (χ1v) is 10.6. The quantitative estimate of drug-likeness (QED) is 0.537. The van der Waals surface area contributed by atoms with Crippen LogP contribution in [0, 0.1) is 0 Å². The molecule has 29 heavy (non-hydrogen) atoms. The van der Waals surface area contributed by atoms with Crippen molar-refractivity contribution in [2.24, 2.45) is 5.73 Å². The van der Waals surface area contributed by atoms with Gasteiger partial charge in [-0.3, -0.25) is 4.79 Å². The van der Waals surface area contributed by atoms with Gasteiger partial charge in [0.2, 0.25) is 11.8 Å². The van der Waals surface area contributed by atoms with E-state index in [0.29, 0.717) is 24.6 Å². The van der Waals surface area contributed by atoms with E-state index in [1.807, 2.05) is 34.9 Å². The number of oxazole rings is 1. The van der Waals surface area contributed by atoms with Crippen LogP contribution in [-0.2, 0) is 28.2 Å². The van der Waals surface area contributed by atoms with Gasteiger partial charge in [-0.05, 0) is 12.8 Å². The molecule has 1 aliphatic rings. The van der Waals surface area contributed by atoms with Crippen molar-refractivity contribution in [1.29, 1.82) is 0 Å². The number of primary amides is 1. The molecule has 1 amide bonds. The number of nitrogens with two attached hydrogens (primary N) is 1. The van der Waals surface area contributed by atoms with Crippen molar-refractivity contribution < 1.29 is 13.9 Å². The van der Waals surface area contributed by atoms with Gasteiger partial charge < -0.3 is 19.5 Å². The number of benzene rings is 1. The van der Waals surface area contributed by atoms with Gasteiger partial charge in [0.05, 0.1) is 24.6 Å². The van der Waals surface area contributed by atoms with E-state index in [4.69, 9.17) is 14.9 Å². The van der Waals surface area contributed by atoms with E-state index in [9.17, 15) is 4.79 Å².